The van der Waals surface area contributed by atoms with Crippen LogP contribution in [0.25, 0.3) is 0 Å². The minimum absolute atomic E-state index is 0.0368. The molecule has 0 saturated carbocycles. The van der Waals surface area contributed by atoms with Crippen LogP contribution in [-0.4, -0.2) is 36.3 Å². The summed E-state index contributed by atoms with van der Waals surface area (Å²) < 4.78 is 40.8. The van der Waals surface area contributed by atoms with Crippen LogP contribution in [0.3, 0.4) is 0 Å². The van der Waals surface area contributed by atoms with Crippen LogP contribution in [0.4, 0.5) is 10.1 Å². The Kier molecular flexibility index (Phi) is 4.56. The van der Waals surface area contributed by atoms with Crippen molar-refractivity contribution >= 4 is 27.5 Å². The Bertz CT molecular complexity index is 645. The highest BCUT2D eigenvalue weighted by molar-refractivity contribution is 8.00. The normalized spacial score (nSPS) is 20.2. The van der Waals surface area contributed by atoms with Crippen molar-refractivity contribution in [2.75, 3.05) is 24.6 Å². The molecule has 0 unspecified atom stereocenters. The molecule has 0 aliphatic carbocycles. The number of aryl methyl sites for hydroxylation is 1. The van der Waals surface area contributed by atoms with Gasteiger partial charge in [-0.2, -0.15) is 16.1 Å². The second-order valence-electron chi connectivity index (χ2n) is 5.90. The average Bonchev–Trinajstić information content (AvgIpc) is 2.55. The van der Waals surface area contributed by atoms with Gasteiger partial charge in [0.2, 0.25) is 10.0 Å². The van der Waals surface area contributed by atoms with E-state index >= 15 is 0 Å². The number of thioether (sulfide) groups is 1. The van der Waals surface area contributed by atoms with Gasteiger partial charge >= 0.3 is 0 Å². The maximum absolute atomic E-state index is 14.1. The summed E-state index contributed by atoms with van der Waals surface area (Å²) in [7, 11) is -3.84. The molecule has 118 valence electrons. The van der Waals surface area contributed by atoms with Gasteiger partial charge in [0.05, 0.1) is 0 Å². The number of anilines is 1. The van der Waals surface area contributed by atoms with Crippen molar-refractivity contribution in [2.24, 2.45) is 0 Å². The number of benzene rings is 1. The lowest BCUT2D eigenvalue weighted by Gasteiger charge is -2.22. The van der Waals surface area contributed by atoms with Crippen molar-refractivity contribution in [3.05, 3.63) is 23.5 Å². The fourth-order valence-corrected chi connectivity index (χ4v) is 4.99. The zero-order valence-electron chi connectivity index (χ0n) is 12.5. The lowest BCUT2D eigenvalue weighted by atomic mass is 10.1. The first kappa shape index (κ1) is 16.6. The van der Waals surface area contributed by atoms with Gasteiger partial charge in [0.25, 0.3) is 0 Å². The number of sulfonamides is 1. The number of hydrogen-bond donors (Lipinski definition) is 1. The Morgan fingerprint density at radius 1 is 1.33 bits per heavy atom. The van der Waals surface area contributed by atoms with Gasteiger partial charge in [-0.1, -0.05) is 13.8 Å². The molecule has 0 atom stereocenters. The minimum Gasteiger partial charge on any atom is -0.398 e. The van der Waals surface area contributed by atoms with E-state index in [1.807, 2.05) is 0 Å². The van der Waals surface area contributed by atoms with Gasteiger partial charge in [-0.3, -0.25) is 0 Å². The van der Waals surface area contributed by atoms with Gasteiger partial charge in [0.15, 0.2) is 0 Å². The number of nitrogen functional groups attached to an aromatic ring is 1. The molecule has 1 heterocycles. The average molecular weight is 332 g/mol. The van der Waals surface area contributed by atoms with E-state index in [4.69, 9.17) is 5.73 Å². The van der Waals surface area contributed by atoms with Gasteiger partial charge in [-0.05, 0) is 31.0 Å². The second-order valence-corrected chi connectivity index (χ2v) is 9.61. The zero-order chi connectivity index (χ0) is 15.8. The first-order valence-electron chi connectivity index (χ1n) is 6.83. The lowest BCUT2D eigenvalue weighted by molar-refractivity contribution is 0.412. The lowest BCUT2D eigenvalue weighted by Crippen LogP contribution is -2.34. The first-order chi connectivity index (χ1) is 9.63. The highest BCUT2D eigenvalue weighted by Gasteiger charge is 2.32. The summed E-state index contributed by atoms with van der Waals surface area (Å²) in [6, 6.07) is 2.40. The number of rotatable bonds is 2. The quantitative estimate of drug-likeness (QED) is 0.846. The zero-order valence-corrected chi connectivity index (χ0v) is 14.2. The van der Waals surface area contributed by atoms with Crippen LogP contribution >= 0.6 is 11.8 Å². The summed E-state index contributed by atoms with van der Waals surface area (Å²) in [5.74, 6) is -0.0345. The predicted octanol–water partition coefficient (Wildman–Crippen LogP) is 2.62. The van der Waals surface area contributed by atoms with Gasteiger partial charge < -0.3 is 5.73 Å². The van der Waals surface area contributed by atoms with Gasteiger partial charge in [-0.15, -0.1) is 0 Å². The van der Waals surface area contributed by atoms with E-state index in [1.54, 1.807) is 18.7 Å². The molecule has 1 saturated heterocycles. The van der Waals surface area contributed by atoms with Crippen molar-refractivity contribution in [1.82, 2.24) is 4.31 Å². The monoisotopic (exact) mass is 332 g/mol. The van der Waals surface area contributed by atoms with E-state index in [1.165, 1.54) is 16.4 Å². The largest absolute Gasteiger partial charge is 0.398 e. The number of nitrogens with two attached hydrogens (primary N) is 1. The number of nitrogens with zero attached hydrogens (tertiary/aromatic N) is 1. The molecule has 0 bridgehead atoms. The molecular formula is C14H21FN2O2S2. The van der Waals surface area contributed by atoms with E-state index in [2.05, 4.69) is 13.8 Å². The Morgan fingerprint density at radius 2 is 2.00 bits per heavy atom. The number of hydrogen-bond acceptors (Lipinski definition) is 4. The van der Waals surface area contributed by atoms with Crippen LogP contribution in [0.2, 0.25) is 0 Å². The van der Waals surface area contributed by atoms with E-state index in [0.717, 1.165) is 6.42 Å². The fraction of sp³-hybridized carbons (Fsp3) is 0.571. The summed E-state index contributed by atoms with van der Waals surface area (Å²) >= 11 is 1.74. The molecule has 1 aromatic rings. The molecule has 0 amide bonds. The van der Waals surface area contributed by atoms with Crippen LogP contribution in [0.15, 0.2) is 17.0 Å². The molecule has 0 aromatic heterocycles. The van der Waals surface area contributed by atoms with Crippen LogP contribution < -0.4 is 5.73 Å². The molecule has 0 spiro atoms. The molecule has 1 aliphatic heterocycles. The maximum atomic E-state index is 14.1. The fourth-order valence-electron chi connectivity index (χ4n) is 2.25. The predicted molar refractivity (Wildman–Crippen MR) is 85.5 cm³/mol. The first-order valence-corrected chi connectivity index (χ1v) is 9.26. The van der Waals surface area contributed by atoms with Gasteiger partial charge in [0, 0.05) is 29.3 Å². The molecule has 2 N–H and O–H groups in total. The standard InChI is InChI=1S/C14H21FN2O2S2/c1-10-8-11(15)13(9-12(10)16)21(18,19)17-5-4-14(2,3)20-7-6-17/h8-9H,4-7,16H2,1-3H3. The summed E-state index contributed by atoms with van der Waals surface area (Å²) in [5.41, 5.74) is 6.57. The summed E-state index contributed by atoms with van der Waals surface area (Å²) in [4.78, 5) is -0.324. The van der Waals surface area contributed by atoms with E-state index in [0.29, 0.717) is 30.1 Å². The van der Waals surface area contributed by atoms with E-state index < -0.39 is 15.8 Å². The smallest absolute Gasteiger partial charge is 0.246 e. The second kappa shape index (κ2) is 5.78. The SMILES string of the molecule is Cc1cc(F)c(S(=O)(=O)N2CCSC(C)(C)CC2)cc1N. The van der Waals surface area contributed by atoms with Crippen molar-refractivity contribution in [1.29, 1.82) is 0 Å². The van der Waals surface area contributed by atoms with Crippen molar-refractivity contribution in [2.45, 2.75) is 36.8 Å². The topological polar surface area (TPSA) is 63.4 Å². The third kappa shape index (κ3) is 3.52. The Hall–Kier alpha value is -0.790. The molecule has 1 aliphatic rings. The van der Waals surface area contributed by atoms with E-state index in [9.17, 15) is 12.8 Å². The third-order valence-corrected chi connectivity index (χ3v) is 7.02. The molecule has 1 aromatic carbocycles. The van der Waals surface area contributed by atoms with Crippen LogP contribution in [0.1, 0.15) is 25.8 Å². The van der Waals surface area contributed by atoms with Crippen molar-refractivity contribution in [3.63, 3.8) is 0 Å². The molecular weight excluding hydrogens is 311 g/mol. The highest BCUT2D eigenvalue weighted by Crippen LogP contribution is 2.33. The molecule has 2 rings (SSSR count). The summed E-state index contributed by atoms with van der Waals surface area (Å²) in [6.45, 7) is 6.63. The Labute approximate surface area is 129 Å². The van der Waals surface area contributed by atoms with Gasteiger partial charge in [0.1, 0.15) is 10.7 Å². The minimum atomic E-state index is -3.84. The third-order valence-electron chi connectivity index (χ3n) is 3.74. The number of halogens is 1. The molecule has 7 heteroatoms. The van der Waals surface area contributed by atoms with Crippen LogP contribution in [0.5, 0.6) is 0 Å². The molecule has 0 radical (unpaired) electrons. The molecule has 21 heavy (non-hydrogen) atoms. The van der Waals surface area contributed by atoms with Crippen molar-refractivity contribution in [3.8, 4) is 0 Å². The summed E-state index contributed by atoms with van der Waals surface area (Å²) in [5, 5.41) is 0. The Balaban J connectivity index is 2.36. The maximum Gasteiger partial charge on any atom is 0.246 e. The van der Waals surface area contributed by atoms with Crippen molar-refractivity contribution < 1.29 is 12.8 Å². The Morgan fingerprint density at radius 3 is 2.67 bits per heavy atom. The van der Waals surface area contributed by atoms with Gasteiger partial charge in [-0.25, -0.2) is 12.8 Å². The molecule has 4 nitrogen and oxygen atoms in total. The van der Waals surface area contributed by atoms with Crippen LogP contribution in [-0.2, 0) is 10.0 Å². The van der Waals surface area contributed by atoms with E-state index in [-0.39, 0.29) is 9.64 Å². The summed E-state index contributed by atoms with van der Waals surface area (Å²) in [6.07, 6.45) is 0.736. The highest BCUT2D eigenvalue weighted by atomic mass is 32.2. The molecule has 1 fully saturated rings. The van der Waals surface area contributed by atoms with Crippen LogP contribution in [0, 0.1) is 12.7 Å².